The van der Waals surface area contributed by atoms with Crippen LogP contribution in [0.2, 0.25) is 0 Å². The SMILES string of the molecule is O=C(NO)[C@H](CNS(=O)(=O)c1ccc(OCc2c(C(F)(F)F)nn3ccccc23)cc1)N1CCN(Cc2ccccc2)CC1. The average molecular weight is 633 g/mol. The van der Waals surface area contributed by atoms with Crippen molar-refractivity contribution >= 4 is 21.4 Å². The van der Waals surface area contributed by atoms with Gasteiger partial charge in [0, 0.05) is 51.0 Å². The second-order valence-electron chi connectivity index (χ2n) is 10.3. The molecule has 3 N–H and O–H groups in total. The number of hydrogen-bond donors (Lipinski definition) is 3. The number of carbonyl (C=O) groups is 1. The molecule has 2 aromatic heterocycles. The summed E-state index contributed by atoms with van der Waals surface area (Å²) in [6.45, 7) is 2.30. The number of amides is 1. The van der Waals surface area contributed by atoms with Crippen LogP contribution in [0, 0.1) is 0 Å². The lowest BCUT2D eigenvalue weighted by atomic mass is 10.1. The summed E-state index contributed by atoms with van der Waals surface area (Å²) >= 11 is 0. The molecule has 0 bridgehead atoms. The first-order valence-corrected chi connectivity index (χ1v) is 15.2. The van der Waals surface area contributed by atoms with Gasteiger partial charge in [-0.15, -0.1) is 0 Å². The van der Waals surface area contributed by atoms with E-state index in [0.717, 1.165) is 16.6 Å². The lowest BCUT2D eigenvalue weighted by Crippen LogP contribution is -2.57. The highest BCUT2D eigenvalue weighted by molar-refractivity contribution is 7.89. The van der Waals surface area contributed by atoms with Gasteiger partial charge in [0.25, 0.3) is 5.91 Å². The third-order valence-corrected chi connectivity index (χ3v) is 8.84. The summed E-state index contributed by atoms with van der Waals surface area (Å²) in [4.78, 5) is 16.4. The number of nitrogens with one attached hydrogen (secondary N) is 2. The van der Waals surface area contributed by atoms with Crippen molar-refractivity contribution in [1.82, 2.24) is 29.6 Å². The molecule has 11 nitrogen and oxygen atoms in total. The van der Waals surface area contributed by atoms with Crippen LogP contribution in [-0.2, 0) is 34.1 Å². The number of aromatic nitrogens is 2. The lowest BCUT2D eigenvalue weighted by molar-refractivity contribution is -0.142. The second kappa shape index (κ2) is 13.3. The zero-order chi connectivity index (χ0) is 31.3. The van der Waals surface area contributed by atoms with Crippen molar-refractivity contribution in [2.45, 2.75) is 30.3 Å². The molecule has 0 spiro atoms. The number of alkyl halides is 3. The number of piperazine rings is 1. The molecule has 1 fully saturated rings. The fourth-order valence-electron chi connectivity index (χ4n) is 5.10. The van der Waals surface area contributed by atoms with Gasteiger partial charge in [-0.3, -0.25) is 19.8 Å². The number of benzene rings is 2. The lowest BCUT2D eigenvalue weighted by Gasteiger charge is -2.38. The third-order valence-electron chi connectivity index (χ3n) is 7.40. The molecular formula is C29H31F3N6O5S. The Morgan fingerprint density at radius 2 is 1.66 bits per heavy atom. The highest BCUT2D eigenvalue weighted by Gasteiger charge is 2.38. The minimum atomic E-state index is -4.69. The molecule has 1 saturated heterocycles. The van der Waals surface area contributed by atoms with Gasteiger partial charge >= 0.3 is 6.18 Å². The van der Waals surface area contributed by atoms with Crippen molar-refractivity contribution in [3.63, 3.8) is 0 Å². The van der Waals surface area contributed by atoms with Gasteiger partial charge in [-0.1, -0.05) is 36.4 Å². The summed E-state index contributed by atoms with van der Waals surface area (Å²) in [5.74, 6) is -0.586. The maximum Gasteiger partial charge on any atom is 0.435 e. The van der Waals surface area contributed by atoms with Crippen LogP contribution in [0.25, 0.3) is 5.52 Å². The molecule has 1 aliphatic rings. The van der Waals surface area contributed by atoms with Crippen molar-refractivity contribution in [2.75, 3.05) is 32.7 Å². The first kappa shape index (κ1) is 31.4. The Morgan fingerprint density at radius 1 is 0.977 bits per heavy atom. The second-order valence-corrected chi connectivity index (χ2v) is 12.0. The van der Waals surface area contributed by atoms with Crippen LogP contribution in [0.4, 0.5) is 13.2 Å². The molecule has 3 heterocycles. The third kappa shape index (κ3) is 7.36. The Hall–Kier alpha value is -4.02. The van der Waals surface area contributed by atoms with Crippen LogP contribution in [0.5, 0.6) is 5.75 Å². The number of nitrogens with zero attached hydrogens (tertiary/aromatic N) is 4. The van der Waals surface area contributed by atoms with E-state index in [9.17, 15) is 31.6 Å². The van der Waals surface area contributed by atoms with Crippen LogP contribution in [0.1, 0.15) is 16.8 Å². The summed E-state index contributed by atoms with van der Waals surface area (Å²) in [6, 6.07) is 18.8. The van der Waals surface area contributed by atoms with E-state index in [1.54, 1.807) is 17.6 Å². The van der Waals surface area contributed by atoms with Crippen LogP contribution >= 0.6 is 0 Å². The van der Waals surface area contributed by atoms with Crippen LogP contribution in [0.3, 0.4) is 0 Å². The van der Waals surface area contributed by atoms with Gasteiger partial charge in [-0.2, -0.15) is 18.3 Å². The van der Waals surface area contributed by atoms with Crippen LogP contribution in [0.15, 0.2) is 83.9 Å². The Kier molecular flexibility index (Phi) is 9.51. The van der Waals surface area contributed by atoms with E-state index in [1.165, 1.54) is 36.5 Å². The molecule has 1 atom stereocenters. The van der Waals surface area contributed by atoms with Crippen molar-refractivity contribution in [3.05, 3.63) is 95.8 Å². The van der Waals surface area contributed by atoms with Gasteiger partial charge in [-0.25, -0.2) is 23.1 Å². The van der Waals surface area contributed by atoms with Crippen molar-refractivity contribution in [1.29, 1.82) is 0 Å². The Labute approximate surface area is 251 Å². The number of carbonyl (C=O) groups excluding carboxylic acids is 1. The first-order valence-electron chi connectivity index (χ1n) is 13.8. The van der Waals surface area contributed by atoms with E-state index >= 15 is 0 Å². The standard InChI is InChI=1S/C29H31F3N6O5S/c30-29(31,32)27-24(25-8-4-5-13-38(25)34-27)20-43-22-9-11-23(12-10-22)44(41,42)33-18-26(28(39)35-40)37-16-14-36(15-17-37)19-21-6-2-1-3-7-21/h1-13,26,33,40H,14-20H2,(H,35,39)/t26-/m0/s1. The molecule has 1 amide bonds. The predicted octanol–water partition coefficient (Wildman–Crippen LogP) is 2.90. The minimum Gasteiger partial charge on any atom is -0.489 e. The largest absolute Gasteiger partial charge is 0.489 e. The molecule has 15 heteroatoms. The average Bonchev–Trinajstić information content (AvgIpc) is 3.41. The summed E-state index contributed by atoms with van der Waals surface area (Å²) in [5, 5.41) is 12.9. The summed E-state index contributed by atoms with van der Waals surface area (Å²) in [5.41, 5.74) is 1.81. The van der Waals surface area contributed by atoms with E-state index in [1.807, 2.05) is 35.2 Å². The minimum absolute atomic E-state index is 0.132. The summed E-state index contributed by atoms with van der Waals surface area (Å²) < 4.78 is 75.9. The number of sulfonamides is 1. The molecule has 0 unspecified atom stereocenters. The van der Waals surface area contributed by atoms with Crippen molar-refractivity contribution in [3.8, 4) is 5.75 Å². The number of ether oxygens (including phenoxy) is 1. The zero-order valence-electron chi connectivity index (χ0n) is 23.4. The van der Waals surface area contributed by atoms with Crippen LogP contribution < -0.4 is 14.9 Å². The molecule has 0 aliphatic carbocycles. The van der Waals surface area contributed by atoms with Crippen LogP contribution in [-0.4, -0.2) is 77.7 Å². The normalized spacial score (nSPS) is 15.7. The van der Waals surface area contributed by atoms with E-state index < -0.39 is 40.4 Å². The molecule has 0 radical (unpaired) electrons. The Morgan fingerprint density at radius 3 is 2.32 bits per heavy atom. The first-order chi connectivity index (χ1) is 21.0. The maximum atomic E-state index is 13.6. The van der Waals surface area contributed by atoms with E-state index in [0.29, 0.717) is 26.2 Å². The smallest absolute Gasteiger partial charge is 0.435 e. The molecule has 4 aromatic rings. The van der Waals surface area contributed by atoms with Gasteiger partial charge < -0.3 is 4.74 Å². The van der Waals surface area contributed by atoms with Crippen molar-refractivity contribution in [2.24, 2.45) is 0 Å². The number of fused-ring (bicyclic) bond motifs is 1. The Bertz CT molecular complexity index is 1680. The van der Waals surface area contributed by atoms with E-state index in [2.05, 4.69) is 14.7 Å². The fourth-order valence-corrected chi connectivity index (χ4v) is 6.14. The topological polar surface area (TPSA) is 129 Å². The number of halogens is 3. The molecule has 2 aromatic carbocycles. The number of hydrogen-bond acceptors (Lipinski definition) is 8. The monoisotopic (exact) mass is 632 g/mol. The van der Waals surface area contributed by atoms with Gasteiger partial charge in [0.05, 0.1) is 10.4 Å². The summed E-state index contributed by atoms with van der Waals surface area (Å²) in [6.07, 6.45) is -3.28. The maximum absolute atomic E-state index is 13.6. The van der Waals surface area contributed by atoms with Gasteiger partial charge in [0.1, 0.15) is 18.4 Å². The zero-order valence-corrected chi connectivity index (χ0v) is 24.3. The molecule has 5 rings (SSSR count). The highest BCUT2D eigenvalue weighted by atomic mass is 32.2. The van der Waals surface area contributed by atoms with E-state index in [-0.39, 0.29) is 28.3 Å². The molecule has 0 saturated carbocycles. The molecule has 44 heavy (non-hydrogen) atoms. The quantitative estimate of drug-likeness (QED) is 0.170. The van der Waals surface area contributed by atoms with Gasteiger partial charge in [-0.05, 0) is 42.0 Å². The summed E-state index contributed by atoms with van der Waals surface area (Å²) in [7, 11) is -4.08. The number of pyridine rings is 1. The van der Waals surface area contributed by atoms with Gasteiger partial charge in [0.2, 0.25) is 10.0 Å². The van der Waals surface area contributed by atoms with Gasteiger partial charge in [0.15, 0.2) is 5.69 Å². The van der Waals surface area contributed by atoms with E-state index in [4.69, 9.17) is 4.74 Å². The fraction of sp³-hybridized carbons (Fsp3) is 0.310. The number of hydroxylamine groups is 1. The predicted molar refractivity (Wildman–Crippen MR) is 153 cm³/mol. The molecule has 1 aliphatic heterocycles. The Balaban J connectivity index is 1.19. The van der Waals surface area contributed by atoms with Crippen molar-refractivity contribution < 1.29 is 36.3 Å². The highest BCUT2D eigenvalue weighted by Crippen LogP contribution is 2.33. The number of rotatable bonds is 11. The molecule has 234 valence electrons. The molecular weight excluding hydrogens is 601 g/mol.